The smallest absolute Gasteiger partial charge is 0.341 e. The van der Waals surface area contributed by atoms with E-state index in [4.69, 9.17) is 4.74 Å². The highest BCUT2D eigenvalue weighted by atomic mass is 16.5. The molecule has 4 heteroatoms. The Labute approximate surface area is 87.7 Å². The summed E-state index contributed by atoms with van der Waals surface area (Å²) in [6.07, 6.45) is 1.45. The SMILES string of the molecule is C=Cc1cc(C(=O)OC)c(OC)cc1O. The predicted molar refractivity (Wildman–Crippen MR) is 56.1 cm³/mol. The number of hydrogen-bond donors (Lipinski definition) is 1. The van der Waals surface area contributed by atoms with Gasteiger partial charge in [-0.3, -0.25) is 0 Å². The average molecular weight is 208 g/mol. The summed E-state index contributed by atoms with van der Waals surface area (Å²) in [5.41, 5.74) is 0.712. The van der Waals surface area contributed by atoms with Gasteiger partial charge in [0.05, 0.1) is 14.2 Å². The van der Waals surface area contributed by atoms with Crippen LogP contribution in [0.2, 0.25) is 0 Å². The molecular weight excluding hydrogens is 196 g/mol. The Hall–Kier alpha value is -1.97. The molecule has 0 saturated carbocycles. The predicted octanol–water partition coefficient (Wildman–Crippen LogP) is 1.83. The lowest BCUT2D eigenvalue weighted by Gasteiger charge is -2.09. The Bertz CT molecular complexity index is 396. The van der Waals surface area contributed by atoms with E-state index in [0.717, 1.165) is 0 Å². The Kier molecular flexibility index (Phi) is 3.33. The summed E-state index contributed by atoms with van der Waals surface area (Å²) in [7, 11) is 2.69. The first-order chi connectivity index (χ1) is 7.13. The van der Waals surface area contributed by atoms with Crippen LogP contribution in [0.15, 0.2) is 18.7 Å². The van der Waals surface area contributed by atoms with Gasteiger partial charge in [-0.1, -0.05) is 12.7 Å². The number of methoxy groups -OCH3 is 2. The van der Waals surface area contributed by atoms with Crippen LogP contribution >= 0.6 is 0 Å². The van der Waals surface area contributed by atoms with Gasteiger partial charge in [0.25, 0.3) is 0 Å². The molecule has 0 aliphatic rings. The zero-order chi connectivity index (χ0) is 11.4. The number of carbonyl (C=O) groups excluding carboxylic acids is 1. The van der Waals surface area contributed by atoms with Gasteiger partial charge in [0, 0.05) is 11.6 Å². The second-order valence-electron chi connectivity index (χ2n) is 2.81. The Morgan fingerprint density at radius 1 is 1.47 bits per heavy atom. The quantitative estimate of drug-likeness (QED) is 0.770. The fraction of sp³-hybridized carbons (Fsp3) is 0.182. The molecule has 4 nitrogen and oxygen atoms in total. The van der Waals surface area contributed by atoms with Crippen LogP contribution in [0, 0.1) is 0 Å². The van der Waals surface area contributed by atoms with Crippen LogP contribution in [-0.2, 0) is 4.74 Å². The Morgan fingerprint density at radius 3 is 2.60 bits per heavy atom. The van der Waals surface area contributed by atoms with Crippen molar-refractivity contribution in [1.82, 2.24) is 0 Å². The third-order valence-corrected chi connectivity index (χ3v) is 1.97. The highest BCUT2D eigenvalue weighted by Gasteiger charge is 2.15. The summed E-state index contributed by atoms with van der Waals surface area (Å²) in [5, 5.41) is 9.50. The van der Waals surface area contributed by atoms with Gasteiger partial charge in [0.1, 0.15) is 17.1 Å². The molecule has 0 aliphatic heterocycles. The molecule has 0 bridgehead atoms. The minimum absolute atomic E-state index is 0.00880. The van der Waals surface area contributed by atoms with Crippen LogP contribution in [0.5, 0.6) is 11.5 Å². The molecule has 0 saturated heterocycles. The van der Waals surface area contributed by atoms with E-state index >= 15 is 0 Å². The van der Waals surface area contributed by atoms with Crippen molar-refractivity contribution < 1.29 is 19.4 Å². The van der Waals surface area contributed by atoms with Crippen molar-refractivity contribution in [3.05, 3.63) is 29.8 Å². The zero-order valence-corrected chi connectivity index (χ0v) is 8.61. The molecule has 0 fully saturated rings. The van der Waals surface area contributed by atoms with Crippen molar-refractivity contribution in [2.24, 2.45) is 0 Å². The maximum Gasteiger partial charge on any atom is 0.341 e. The number of aromatic hydroxyl groups is 1. The van der Waals surface area contributed by atoms with Gasteiger partial charge in [-0.25, -0.2) is 4.79 Å². The molecule has 0 radical (unpaired) electrons. The average Bonchev–Trinajstić information content (AvgIpc) is 2.27. The van der Waals surface area contributed by atoms with Crippen molar-refractivity contribution >= 4 is 12.0 Å². The monoisotopic (exact) mass is 208 g/mol. The lowest BCUT2D eigenvalue weighted by molar-refractivity contribution is 0.0597. The molecule has 0 amide bonds. The summed E-state index contributed by atoms with van der Waals surface area (Å²) in [6, 6.07) is 2.82. The number of esters is 1. The molecule has 0 spiro atoms. The third kappa shape index (κ3) is 2.10. The van der Waals surface area contributed by atoms with Crippen LogP contribution in [-0.4, -0.2) is 25.3 Å². The molecule has 0 atom stereocenters. The van der Waals surface area contributed by atoms with Crippen molar-refractivity contribution in [3.63, 3.8) is 0 Å². The summed E-state index contributed by atoms with van der Waals surface area (Å²) < 4.78 is 9.54. The molecule has 1 aromatic carbocycles. The summed E-state index contributed by atoms with van der Waals surface area (Å²) in [4.78, 5) is 11.4. The molecule has 1 N–H and O–H groups in total. The fourth-order valence-electron chi connectivity index (χ4n) is 1.19. The highest BCUT2D eigenvalue weighted by molar-refractivity contribution is 5.93. The lowest BCUT2D eigenvalue weighted by Crippen LogP contribution is -2.04. The van der Waals surface area contributed by atoms with Gasteiger partial charge in [0.2, 0.25) is 0 Å². The van der Waals surface area contributed by atoms with Crippen LogP contribution < -0.4 is 4.74 Å². The highest BCUT2D eigenvalue weighted by Crippen LogP contribution is 2.29. The van der Waals surface area contributed by atoms with Gasteiger partial charge in [-0.15, -0.1) is 0 Å². The number of carbonyl (C=O) groups is 1. The van der Waals surface area contributed by atoms with E-state index in [1.165, 1.54) is 32.4 Å². The first kappa shape index (κ1) is 11.1. The van der Waals surface area contributed by atoms with E-state index in [1.807, 2.05) is 0 Å². The normalized spacial score (nSPS) is 9.47. The number of ether oxygens (including phenoxy) is 2. The summed E-state index contributed by atoms with van der Waals surface area (Å²) in [6.45, 7) is 3.52. The number of phenolic OH excluding ortho intramolecular Hbond substituents is 1. The van der Waals surface area contributed by atoms with Crippen molar-refractivity contribution in [2.45, 2.75) is 0 Å². The zero-order valence-electron chi connectivity index (χ0n) is 8.61. The molecule has 80 valence electrons. The Balaban J connectivity index is 3.34. The van der Waals surface area contributed by atoms with Gasteiger partial charge in [-0.05, 0) is 6.07 Å². The van der Waals surface area contributed by atoms with Gasteiger partial charge in [0.15, 0.2) is 0 Å². The lowest BCUT2D eigenvalue weighted by atomic mass is 10.1. The minimum Gasteiger partial charge on any atom is -0.507 e. The van der Waals surface area contributed by atoms with E-state index in [9.17, 15) is 9.90 Å². The molecule has 1 rings (SSSR count). The van der Waals surface area contributed by atoms with Crippen molar-refractivity contribution in [3.8, 4) is 11.5 Å². The molecule has 0 aromatic heterocycles. The maximum atomic E-state index is 11.4. The van der Waals surface area contributed by atoms with E-state index in [1.54, 1.807) is 0 Å². The number of benzene rings is 1. The van der Waals surface area contributed by atoms with Crippen LogP contribution in [0.1, 0.15) is 15.9 Å². The van der Waals surface area contributed by atoms with Crippen LogP contribution in [0.25, 0.3) is 6.08 Å². The summed E-state index contributed by atoms with van der Waals surface area (Å²) >= 11 is 0. The molecule has 0 aliphatic carbocycles. The molecule has 1 aromatic rings. The second kappa shape index (κ2) is 4.50. The van der Waals surface area contributed by atoms with E-state index < -0.39 is 5.97 Å². The van der Waals surface area contributed by atoms with Crippen molar-refractivity contribution in [2.75, 3.05) is 14.2 Å². The molecule has 15 heavy (non-hydrogen) atoms. The number of rotatable bonds is 3. The van der Waals surface area contributed by atoms with Crippen LogP contribution in [0.3, 0.4) is 0 Å². The van der Waals surface area contributed by atoms with Gasteiger partial charge in [-0.2, -0.15) is 0 Å². The topological polar surface area (TPSA) is 55.8 Å². The van der Waals surface area contributed by atoms with Gasteiger partial charge >= 0.3 is 5.97 Å². The second-order valence-corrected chi connectivity index (χ2v) is 2.81. The standard InChI is InChI=1S/C11H12O4/c1-4-7-5-8(11(13)15-3)10(14-2)6-9(7)12/h4-6,12H,1H2,2-3H3. The van der Waals surface area contributed by atoms with Crippen molar-refractivity contribution in [1.29, 1.82) is 0 Å². The van der Waals surface area contributed by atoms with E-state index in [0.29, 0.717) is 5.56 Å². The first-order valence-electron chi connectivity index (χ1n) is 4.25. The van der Waals surface area contributed by atoms with Gasteiger partial charge < -0.3 is 14.6 Å². The third-order valence-electron chi connectivity index (χ3n) is 1.97. The number of phenols is 1. The minimum atomic E-state index is -0.519. The molecular formula is C11H12O4. The first-order valence-corrected chi connectivity index (χ1v) is 4.25. The maximum absolute atomic E-state index is 11.4. The molecule has 0 heterocycles. The van der Waals surface area contributed by atoms with Crippen LogP contribution in [0.4, 0.5) is 0 Å². The fourth-order valence-corrected chi connectivity index (χ4v) is 1.19. The largest absolute Gasteiger partial charge is 0.507 e. The Morgan fingerprint density at radius 2 is 2.13 bits per heavy atom. The van der Waals surface area contributed by atoms with E-state index in [2.05, 4.69) is 11.3 Å². The number of hydrogen-bond acceptors (Lipinski definition) is 4. The van der Waals surface area contributed by atoms with E-state index in [-0.39, 0.29) is 17.1 Å². The molecule has 0 unspecified atom stereocenters. The summed E-state index contributed by atoms with van der Waals surface area (Å²) in [5.74, 6) is -0.241.